The fourth-order valence-electron chi connectivity index (χ4n) is 3.85. The van der Waals surface area contributed by atoms with Crippen LogP contribution in [-0.2, 0) is 16.6 Å². The summed E-state index contributed by atoms with van der Waals surface area (Å²) < 4.78 is 27.0. The zero-order valence-corrected chi connectivity index (χ0v) is 19.8. The lowest BCUT2D eigenvalue weighted by atomic mass is 9.96. The van der Waals surface area contributed by atoms with Crippen LogP contribution in [0, 0.1) is 0 Å². The highest BCUT2D eigenvalue weighted by atomic mass is 127. The lowest BCUT2D eigenvalue weighted by Gasteiger charge is -2.26. The highest BCUT2D eigenvalue weighted by Gasteiger charge is 2.25. The molecule has 1 saturated heterocycles. The van der Waals surface area contributed by atoms with Crippen molar-refractivity contribution in [1.29, 1.82) is 0 Å². The minimum Gasteiger partial charge on any atom is -0.354 e. The Balaban J connectivity index is 0.00000280. The molecule has 1 aliphatic carbocycles. The van der Waals surface area contributed by atoms with E-state index in [4.69, 9.17) is 0 Å². The van der Waals surface area contributed by atoms with Gasteiger partial charge in [0, 0.05) is 32.7 Å². The molecule has 1 aromatic carbocycles. The first-order valence-electron chi connectivity index (χ1n) is 10.2. The number of rotatable bonds is 5. The van der Waals surface area contributed by atoms with Gasteiger partial charge in [-0.2, -0.15) is 4.31 Å². The van der Waals surface area contributed by atoms with Crippen molar-refractivity contribution >= 4 is 40.0 Å². The summed E-state index contributed by atoms with van der Waals surface area (Å²) in [5.41, 5.74) is 1.04. The van der Waals surface area contributed by atoms with Crippen molar-refractivity contribution in [3.05, 3.63) is 29.8 Å². The van der Waals surface area contributed by atoms with E-state index in [9.17, 15) is 8.42 Å². The van der Waals surface area contributed by atoms with Crippen LogP contribution in [0.3, 0.4) is 0 Å². The van der Waals surface area contributed by atoms with Gasteiger partial charge in [-0.05, 0) is 43.4 Å². The molecule has 1 aliphatic heterocycles. The van der Waals surface area contributed by atoms with Crippen LogP contribution in [-0.4, -0.2) is 44.9 Å². The van der Waals surface area contributed by atoms with Gasteiger partial charge in [-0.15, -0.1) is 24.0 Å². The number of benzene rings is 1. The topological polar surface area (TPSA) is 73.8 Å². The number of sulfonamides is 1. The number of hydrogen-bond acceptors (Lipinski definition) is 3. The van der Waals surface area contributed by atoms with Crippen molar-refractivity contribution in [1.82, 2.24) is 14.9 Å². The maximum absolute atomic E-state index is 12.7. The van der Waals surface area contributed by atoms with E-state index in [1.807, 2.05) is 12.1 Å². The van der Waals surface area contributed by atoms with Gasteiger partial charge in [-0.1, -0.05) is 37.8 Å². The Hall–Kier alpha value is -0.870. The van der Waals surface area contributed by atoms with E-state index in [1.54, 1.807) is 23.5 Å². The summed E-state index contributed by atoms with van der Waals surface area (Å²) in [4.78, 5) is 4.69. The molecular weight excluding hydrogens is 487 g/mol. The highest BCUT2D eigenvalue weighted by Crippen LogP contribution is 2.21. The van der Waals surface area contributed by atoms with E-state index < -0.39 is 10.0 Å². The lowest BCUT2D eigenvalue weighted by molar-refractivity contribution is 0.346. The Morgan fingerprint density at radius 1 is 1.04 bits per heavy atom. The SMILES string of the molecule is CN=C(NCc1ccc(S(=O)(=O)N2CCCCC2)cc1)NC1CCCCC1.I. The van der Waals surface area contributed by atoms with Gasteiger partial charge in [0.25, 0.3) is 0 Å². The second kappa shape index (κ2) is 11.3. The third-order valence-corrected chi connectivity index (χ3v) is 7.42. The molecule has 0 amide bonds. The zero-order chi connectivity index (χ0) is 19.1. The summed E-state index contributed by atoms with van der Waals surface area (Å²) in [7, 11) is -1.57. The van der Waals surface area contributed by atoms with E-state index >= 15 is 0 Å². The number of piperidine rings is 1. The first-order valence-corrected chi connectivity index (χ1v) is 11.6. The normalized spacial score (nSPS) is 19.7. The third kappa shape index (κ3) is 6.32. The lowest BCUT2D eigenvalue weighted by Crippen LogP contribution is -2.43. The molecule has 8 heteroatoms. The highest BCUT2D eigenvalue weighted by molar-refractivity contribution is 14.0. The van der Waals surface area contributed by atoms with Crippen LogP contribution in [0.25, 0.3) is 0 Å². The second-order valence-corrected chi connectivity index (χ2v) is 9.45. The van der Waals surface area contributed by atoms with Crippen molar-refractivity contribution in [2.45, 2.75) is 68.8 Å². The molecule has 1 heterocycles. The summed E-state index contributed by atoms with van der Waals surface area (Å²) in [6.07, 6.45) is 9.31. The number of guanidine groups is 1. The molecule has 0 atom stereocenters. The summed E-state index contributed by atoms with van der Waals surface area (Å²) in [5, 5.41) is 6.82. The van der Waals surface area contributed by atoms with E-state index in [0.29, 0.717) is 30.6 Å². The van der Waals surface area contributed by atoms with Crippen molar-refractivity contribution in [2.24, 2.45) is 4.99 Å². The van der Waals surface area contributed by atoms with Gasteiger partial charge < -0.3 is 10.6 Å². The Bertz CT molecular complexity index is 725. The van der Waals surface area contributed by atoms with Crippen molar-refractivity contribution < 1.29 is 8.42 Å². The van der Waals surface area contributed by atoms with Crippen molar-refractivity contribution in [3.8, 4) is 0 Å². The molecule has 0 radical (unpaired) electrons. The van der Waals surface area contributed by atoms with Gasteiger partial charge in [0.1, 0.15) is 0 Å². The van der Waals surface area contributed by atoms with Crippen LogP contribution < -0.4 is 10.6 Å². The number of nitrogens with one attached hydrogen (secondary N) is 2. The van der Waals surface area contributed by atoms with Gasteiger partial charge in [0.15, 0.2) is 5.96 Å². The fourth-order valence-corrected chi connectivity index (χ4v) is 5.37. The predicted octanol–water partition coefficient (Wildman–Crippen LogP) is 3.48. The van der Waals surface area contributed by atoms with Crippen LogP contribution in [0.2, 0.25) is 0 Å². The molecule has 2 N–H and O–H groups in total. The average Bonchev–Trinajstić information content (AvgIpc) is 2.73. The summed E-state index contributed by atoms with van der Waals surface area (Å²) in [6, 6.07) is 7.72. The van der Waals surface area contributed by atoms with Crippen LogP contribution in [0.4, 0.5) is 0 Å². The molecule has 3 rings (SSSR count). The van der Waals surface area contributed by atoms with E-state index in [-0.39, 0.29) is 24.0 Å². The number of nitrogens with zero attached hydrogens (tertiary/aromatic N) is 2. The van der Waals surface area contributed by atoms with Crippen molar-refractivity contribution in [2.75, 3.05) is 20.1 Å². The molecular formula is C20H33IN4O2S. The minimum atomic E-state index is -3.36. The van der Waals surface area contributed by atoms with Crippen LogP contribution in [0.5, 0.6) is 0 Å². The molecule has 0 aromatic heterocycles. The van der Waals surface area contributed by atoms with E-state index in [2.05, 4.69) is 15.6 Å². The molecule has 6 nitrogen and oxygen atoms in total. The zero-order valence-electron chi connectivity index (χ0n) is 16.7. The maximum Gasteiger partial charge on any atom is 0.243 e. The smallest absolute Gasteiger partial charge is 0.243 e. The van der Waals surface area contributed by atoms with Crippen molar-refractivity contribution in [3.63, 3.8) is 0 Å². The minimum absolute atomic E-state index is 0. The van der Waals surface area contributed by atoms with Gasteiger partial charge in [-0.25, -0.2) is 8.42 Å². The molecule has 0 spiro atoms. The predicted molar refractivity (Wildman–Crippen MR) is 125 cm³/mol. The molecule has 1 saturated carbocycles. The third-order valence-electron chi connectivity index (χ3n) is 5.51. The van der Waals surface area contributed by atoms with Gasteiger partial charge in [0.2, 0.25) is 10.0 Å². The van der Waals surface area contributed by atoms with Gasteiger partial charge in [0.05, 0.1) is 4.90 Å². The molecule has 28 heavy (non-hydrogen) atoms. The molecule has 1 aromatic rings. The summed E-state index contributed by atoms with van der Waals surface area (Å²) in [5.74, 6) is 0.812. The maximum atomic E-state index is 12.7. The largest absolute Gasteiger partial charge is 0.354 e. The number of hydrogen-bond donors (Lipinski definition) is 2. The Labute approximate surface area is 186 Å². The first kappa shape index (κ1) is 23.4. The second-order valence-electron chi connectivity index (χ2n) is 7.51. The summed E-state index contributed by atoms with van der Waals surface area (Å²) in [6.45, 7) is 1.89. The van der Waals surface area contributed by atoms with Gasteiger partial charge in [-0.3, -0.25) is 4.99 Å². The Morgan fingerprint density at radius 2 is 1.64 bits per heavy atom. The first-order chi connectivity index (χ1) is 13.1. The monoisotopic (exact) mass is 520 g/mol. The average molecular weight is 520 g/mol. The molecule has 0 unspecified atom stereocenters. The standard InChI is InChI=1S/C20H32N4O2S.HI/c1-21-20(23-18-8-4-2-5-9-18)22-16-17-10-12-19(13-11-17)27(25,26)24-14-6-3-7-15-24;/h10-13,18H,2-9,14-16H2,1H3,(H2,21,22,23);1H. The Kier molecular flexibility index (Phi) is 9.49. The summed E-state index contributed by atoms with van der Waals surface area (Å²) >= 11 is 0. The van der Waals surface area contributed by atoms with Crippen LogP contribution in [0.1, 0.15) is 56.9 Å². The van der Waals surface area contributed by atoms with Crippen LogP contribution in [0.15, 0.2) is 34.2 Å². The van der Waals surface area contributed by atoms with Crippen LogP contribution >= 0.6 is 24.0 Å². The quantitative estimate of drug-likeness (QED) is 0.354. The molecule has 0 bridgehead atoms. The molecule has 2 aliphatic rings. The van der Waals surface area contributed by atoms with Gasteiger partial charge >= 0.3 is 0 Å². The number of halogens is 1. The molecule has 158 valence electrons. The Morgan fingerprint density at radius 3 is 2.25 bits per heavy atom. The molecule has 2 fully saturated rings. The van der Waals surface area contributed by atoms with E-state index in [1.165, 1.54) is 32.1 Å². The number of aliphatic imine (C=N–C) groups is 1. The van der Waals surface area contributed by atoms with E-state index in [0.717, 1.165) is 30.8 Å². The fraction of sp³-hybridized carbons (Fsp3) is 0.650.